The largest absolute Gasteiger partial charge is 0.497 e. The van der Waals surface area contributed by atoms with Gasteiger partial charge in [0.25, 0.3) is 0 Å². The normalized spacial score (nSPS) is 10.7. The van der Waals surface area contributed by atoms with Crippen LogP contribution < -0.4 is 9.92 Å². The second kappa shape index (κ2) is 6.61. The van der Waals surface area contributed by atoms with Crippen LogP contribution in [0.15, 0.2) is 24.3 Å². The lowest BCUT2D eigenvalue weighted by Gasteiger charge is -2.15. The first-order valence-electron chi connectivity index (χ1n) is 5.19. The topological polar surface area (TPSA) is 27.7 Å². The van der Waals surface area contributed by atoms with Crippen LogP contribution in [0.2, 0.25) is 0 Å². The zero-order valence-electron chi connectivity index (χ0n) is 9.53. The Kier molecular flexibility index (Phi) is 5.38. The van der Waals surface area contributed by atoms with Gasteiger partial charge in [-0.05, 0) is 31.2 Å². The number of rotatable bonds is 6. The summed E-state index contributed by atoms with van der Waals surface area (Å²) in [5.41, 5.74) is 0. The first kappa shape index (κ1) is 12.2. The Morgan fingerprint density at radius 2 is 1.53 bits per heavy atom. The number of benzene rings is 1. The van der Waals surface area contributed by atoms with Gasteiger partial charge in [0.1, 0.15) is 5.75 Å². The molecule has 0 amide bonds. The maximum atomic E-state index is 5.62. The molecule has 0 aliphatic heterocycles. The molecule has 0 radical (unpaired) electrons. The van der Waals surface area contributed by atoms with E-state index in [4.69, 9.17) is 13.6 Å². The number of methoxy groups -OCH3 is 1. The van der Waals surface area contributed by atoms with Crippen LogP contribution in [-0.4, -0.2) is 29.6 Å². The molecule has 3 nitrogen and oxygen atoms in total. The molecule has 1 rings (SSSR count). The lowest BCUT2D eigenvalue weighted by molar-refractivity contribution is 0.225. The van der Waals surface area contributed by atoms with Crippen molar-refractivity contribution in [1.82, 2.24) is 0 Å². The highest BCUT2D eigenvalue weighted by Crippen LogP contribution is 2.06. The van der Waals surface area contributed by atoms with Crippen LogP contribution in [0.1, 0.15) is 13.8 Å². The summed E-state index contributed by atoms with van der Waals surface area (Å²) in [5, 5.41) is 1.15. The van der Waals surface area contributed by atoms with Crippen LogP contribution in [0, 0.1) is 0 Å². The van der Waals surface area contributed by atoms with Gasteiger partial charge in [-0.25, -0.2) is 0 Å². The molecule has 0 bridgehead atoms. The van der Waals surface area contributed by atoms with E-state index < -0.39 is 9.28 Å². The molecule has 0 saturated carbocycles. The van der Waals surface area contributed by atoms with Gasteiger partial charge >= 0.3 is 9.28 Å². The van der Waals surface area contributed by atoms with Crippen LogP contribution in [0.5, 0.6) is 5.75 Å². The Balaban J connectivity index is 2.72. The average Bonchev–Trinajstić information content (AvgIpc) is 2.29. The third-order valence-electron chi connectivity index (χ3n) is 2.02. The van der Waals surface area contributed by atoms with E-state index in [-0.39, 0.29) is 0 Å². The first-order valence-corrected chi connectivity index (χ1v) is 6.71. The summed E-state index contributed by atoms with van der Waals surface area (Å²) in [4.78, 5) is 0. The Labute approximate surface area is 92.8 Å². The summed E-state index contributed by atoms with van der Waals surface area (Å²) >= 11 is 0. The fraction of sp³-hybridized carbons (Fsp3) is 0.455. The van der Waals surface area contributed by atoms with Crippen LogP contribution in [0.4, 0.5) is 0 Å². The second-order valence-corrected chi connectivity index (χ2v) is 5.01. The fourth-order valence-electron chi connectivity index (χ4n) is 1.30. The van der Waals surface area contributed by atoms with E-state index in [1.165, 1.54) is 0 Å². The van der Waals surface area contributed by atoms with Crippen molar-refractivity contribution in [1.29, 1.82) is 0 Å². The van der Waals surface area contributed by atoms with Crippen LogP contribution in [0.3, 0.4) is 0 Å². The lowest BCUT2D eigenvalue weighted by atomic mass is 10.3. The molecule has 0 aliphatic rings. The van der Waals surface area contributed by atoms with E-state index in [9.17, 15) is 0 Å². The van der Waals surface area contributed by atoms with Gasteiger partial charge in [-0.3, -0.25) is 0 Å². The third-order valence-corrected chi connectivity index (χ3v) is 4.23. The molecule has 0 fully saturated rings. The molecule has 84 valence electrons. The van der Waals surface area contributed by atoms with Gasteiger partial charge in [-0.1, -0.05) is 12.1 Å². The van der Waals surface area contributed by atoms with Crippen LogP contribution >= 0.6 is 0 Å². The fourth-order valence-corrected chi connectivity index (χ4v) is 2.90. The molecule has 1 aromatic carbocycles. The zero-order valence-corrected chi connectivity index (χ0v) is 10.7. The molecule has 0 saturated heterocycles. The van der Waals surface area contributed by atoms with E-state index in [1.54, 1.807) is 7.11 Å². The van der Waals surface area contributed by atoms with E-state index in [1.807, 2.05) is 38.1 Å². The summed E-state index contributed by atoms with van der Waals surface area (Å²) in [5.74, 6) is 0.861. The van der Waals surface area contributed by atoms with E-state index in [0.29, 0.717) is 13.2 Å². The van der Waals surface area contributed by atoms with Crippen LogP contribution in [-0.2, 0) is 8.85 Å². The summed E-state index contributed by atoms with van der Waals surface area (Å²) in [6.45, 7) is 5.37. The molecule has 1 aromatic rings. The number of ether oxygens (including phenoxy) is 1. The van der Waals surface area contributed by atoms with Crippen molar-refractivity contribution < 1.29 is 13.6 Å². The summed E-state index contributed by atoms with van der Waals surface area (Å²) in [7, 11) is -0.0176. The van der Waals surface area contributed by atoms with Crippen molar-refractivity contribution in [2.75, 3.05) is 20.3 Å². The van der Waals surface area contributed by atoms with Crippen molar-refractivity contribution in [2.45, 2.75) is 13.8 Å². The zero-order chi connectivity index (χ0) is 11.1. The van der Waals surface area contributed by atoms with Gasteiger partial charge < -0.3 is 13.6 Å². The summed E-state index contributed by atoms with van der Waals surface area (Å²) in [6.07, 6.45) is 0. The molecule has 0 aliphatic carbocycles. The molecule has 0 unspecified atom stereocenters. The SMILES string of the molecule is CCO[SiH](OCC)c1ccc(OC)cc1. The van der Waals surface area contributed by atoms with Gasteiger partial charge in [-0.15, -0.1) is 0 Å². The molecule has 15 heavy (non-hydrogen) atoms. The van der Waals surface area contributed by atoms with Crippen LogP contribution in [0.25, 0.3) is 0 Å². The van der Waals surface area contributed by atoms with Gasteiger partial charge in [-0.2, -0.15) is 0 Å². The van der Waals surface area contributed by atoms with Crippen molar-refractivity contribution in [3.63, 3.8) is 0 Å². The number of hydrogen-bond acceptors (Lipinski definition) is 3. The van der Waals surface area contributed by atoms with E-state index in [0.717, 1.165) is 10.9 Å². The van der Waals surface area contributed by atoms with E-state index in [2.05, 4.69) is 0 Å². The number of hydrogen-bond donors (Lipinski definition) is 0. The molecule has 0 N–H and O–H groups in total. The van der Waals surface area contributed by atoms with Gasteiger partial charge in [0, 0.05) is 13.2 Å². The van der Waals surface area contributed by atoms with Crippen molar-refractivity contribution in [3.8, 4) is 5.75 Å². The van der Waals surface area contributed by atoms with Gasteiger partial charge in [0.15, 0.2) is 0 Å². The lowest BCUT2D eigenvalue weighted by Crippen LogP contribution is -2.36. The molecule has 0 atom stereocenters. The highest BCUT2D eigenvalue weighted by atomic mass is 28.3. The van der Waals surface area contributed by atoms with Gasteiger partial charge in [0.05, 0.1) is 7.11 Å². The molecule has 0 heterocycles. The third kappa shape index (κ3) is 3.66. The summed E-state index contributed by atoms with van der Waals surface area (Å²) in [6, 6.07) is 7.91. The minimum Gasteiger partial charge on any atom is -0.497 e. The quantitative estimate of drug-likeness (QED) is 0.682. The van der Waals surface area contributed by atoms with Crippen molar-refractivity contribution >= 4 is 14.5 Å². The van der Waals surface area contributed by atoms with E-state index >= 15 is 0 Å². The monoisotopic (exact) mass is 226 g/mol. The molecule has 0 spiro atoms. The Hall–Kier alpha value is -0.843. The standard InChI is InChI=1S/C11H18O3Si/c1-4-13-15(14-5-2)11-8-6-10(12-3)7-9-11/h6-9,15H,4-5H2,1-3H3. The van der Waals surface area contributed by atoms with Crippen molar-refractivity contribution in [3.05, 3.63) is 24.3 Å². The smallest absolute Gasteiger partial charge is 0.355 e. The highest BCUT2D eigenvalue weighted by molar-refractivity contribution is 6.61. The molecule has 4 heteroatoms. The maximum absolute atomic E-state index is 5.62. The predicted octanol–water partition coefficient (Wildman–Crippen LogP) is 1.20. The Bertz CT molecular complexity index is 268. The summed E-state index contributed by atoms with van der Waals surface area (Å²) < 4.78 is 16.3. The predicted molar refractivity (Wildman–Crippen MR) is 63.0 cm³/mol. The van der Waals surface area contributed by atoms with Gasteiger partial charge in [0.2, 0.25) is 0 Å². The molecular weight excluding hydrogens is 208 g/mol. The Morgan fingerprint density at radius 1 is 1.00 bits per heavy atom. The Morgan fingerprint density at radius 3 is 1.93 bits per heavy atom. The highest BCUT2D eigenvalue weighted by Gasteiger charge is 2.14. The molecule has 0 aromatic heterocycles. The second-order valence-electron chi connectivity index (χ2n) is 3.02. The minimum absolute atomic E-state index is 0.697. The first-order chi connectivity index (χ1) is 7.31. The molecular formula is C11H18O3Si. The van der Waals surface area contributed by atoms with Crippen molar-refractivity contribution in [2.24, 2.45) is 0 Å². The average molecular weight is 226 g/mol. The maximum Gasteiger partial charge on any atom is 0.355 e. The minimum atomic E-state index is -1.68.